The fourth-order valence-corrected chi connectivity index (χ4v) is 5.47. The number of anilines is 1. The number of ether oxygens (including phenoxy) is 1. The lowest BCUT2D eigenvalue weighted by Crippen LogP contribution is -2.33. The lowest BCUT2D eigenvalue weighted by Gasteiger charge is -2.37. The van der Waals surface area contributed by atoms with Gasteiger partial charge in [0.15, 0.2) is 0 Å². The van der Waals surface area contributed by atoms with Crippen molar-refractivity contribution in [3.8, 4) is 11.1 Å². The maximum Gasteiger partial charge on any atom is 0.147 e. The molecule has 1 aliphatic heterocycles. The number of hydrogen-bond donors (Lipinski definition) is 1. The van der Waals surface area contributed by atoms with Gasteiger partial charge < -0.3 is 15.0 Å². The standard InChI is InChI=1S/C24H26ClFN2O/c1-15-3-4-17-19(18-5-6-20(26)23(27)22(18)25)14-28(21(17)13-15)16-7-10-24(11-8-16)9-2-12-29-24/h3-6,13-14,16H,2,7-12,27H2,1H3. The summed E-state index contributed by atoms with van der Waals surface area (Å²) in [6.45, 7) is 3.02. The molecule has 0 amide bonds. The third kappa shape index (κ3) is 3.13. The molecular weight excluding hydrogens is 387 g/mol. The highest BCUT2D eigenvalue weighted by Crippen LogP contribution is 2.46. The van der Waals surface area contributed by atoms with Crippen molar-refractivity contribution in [3.63, 3.8) is 0 Å². The molecule has 2 fully saturated rings. The number of hydrogen-bond acceptors (Lipinski definition) is 2. The van der Waals surface area contributed by atoms with Gasteiger partial charge in [0.1, 0.15) is 5.82 Å². The molecule has 0 bridgehead atoms. The smallest absolute Gasteiger partial charge is 0.147 e. The predicted molar refractivity (Wildman–Crippen MR) is 117 cm³/mol. The summed E-state index contributed by atoms with van der Waals surface area (Å²) >= 11 is 6.45. The summed E-state index contributed by atoms with van der Waals surface area (Å²) in [4.78, 5) is 0. The van der Waals surface area contributed by atoms with Gasteiger partial charge in [-0.15, -0.1) is 0 Å². The zero-order chi connectivity index (χ0) is 20.2. The Morgan fingerprint density at radius 2 is 1.93 bits per heavy atom. The van der Waals surface area contributed by atoms with Crippen LogP contribution in [0.1, 0.15) is 50.1 Å². The van der Waals surface area contributed by atoms with Gasteiger partial charge in [-0.2, -0.15) is 0 Å². The van der Waals surface area contributed by atoms with Gasteiger partial charge in [-0.1, -0.05) is 23.7 Å². The van der Waals surface area contributed by atoms with E-state index in [1.54, 1.807) is 6.07 Å². The van der Waals surface area contributed by atoms with Crippen molar-refractivity contribution in [1.29, 1.82) is 0 Å². The first-order chi connectivity index (χ1) is 14.0. The van der Waals surface area contributed by atoms with E-state index in [1.807, 2.05) is 0 Å². The Hall–Kier alpha value is -2.04. The second-order valence-corrected chi connectivity index (χ2v) is 9.04. The summed E-state index contributed by atoms with van der Waals surface area (Å²) in [7, 11) is 0. The van der Waals surface area contributed by atoms with Crippen molar-refractivity contribution in [3.05, 3.63) is 52.9 Å². The van der Waals surface area contributed by atoms with E-state index in [4.69, 9.17) is 22.1 Å². The van der Waals surface area contributed by atoms with Gasteiger partial charge >= 0.3 is 0 Å². The largest absolute Gasteiger partial charge is 0.395 e. The topological polar surface area (TPSA) is 40.2 Å². The summed E-state index contributed by atoms with van der Waals surface area (Å²) in [5.41, 5.74) is 10.2. The SMILES string of the molecule is Cc1ccc2c(-c3ccc(F)c(N)c3Cl)cn(C3CCC4(CCCO4)CC3)c2c1. The Labute approximate surface area is 175 Å². The molecule has 1 aliphatic carbocycles. The highest BCUT2D eigenvalue weighted by molar-refractivity contribution is 6.36. The van der Waals surface area contributed by atoms with Crippen LogP contribution < -0.4 is 5.73 Å². The summed E-state index contributed by atoms with van der Waals surface area (Å²) < 4.78 is 22.4. The number of aromatic nitrogens is 1. The zero-order valence-electron chi connectivity index (χ0n) is 16.7. The molecule has 29 heavy (non-hydrogen) atoms. The van der Waals surface area contributed by atoms with E-state index >= 15 is 0 Å². The van der Waals surface area contributed by atoms with Crippen LogP contribution in [0.3, 0.4) is 0 Å². The van der Waals surface area contributed by atoms with Crippen molar-refractivity contribution in [2.75, 3.05) is 12.3 Å². The molecule has 2 heterocycles. The van der Waals surface area contributed by atoms with Gasteiger partial charge in [0.2, 0.25) is 0 Å². The zero-order valence-corrected chi connectivity index (χ0v) is 17.4. The second-order valence-electron chi connectivity index (χ2n) is 8.66. The Kier molecular flexibility index (Phi) is 4.60. The van der Waals surface area contributed by atoms with Crippen LogP contribution in [0.25, 0.3) is 22.0 Å². The Bertz CT molecular complexity index is 1070. The molecule has 3 aromatic rings. The van der Waals surface area contributed by atoms with E-state index in [0.29, 0.717) is 6.04 Å². The molecule has 0 unspecified atom stereocenters. The average Bonchev–Trinajstić information content (AvgIpc) is 3.32. The molecular formula is C24H26ClFN2O. The molecule has 1 saturated heterocycles. The van der Waals surface area contributed by atoms with Crippen molar-refractivity contribution in [2.45, 2.75) is 57.1 Å². The van der Waals surface area contributed by atoms with Crippen molar-refractivity contribution in [1.82, 2.24) is 4.57 Å². The predicted octanol–water partition coefficient (Wildman–Crippen LogP) is 6.66. The second kappa shape index (κ2) is 7.03. The molecule has 1 spiro atoms. The van der Waals surface area contributed by atoms with Gasteiger partial charge in [-0.05, 0) is 69.2 Å². The highest BCUT2D eigenvalue weighted by atomic mass is 35.5. The van der Waals surface area contributed by atoms with Crippen molar-refractivity contribution in [2.24, 2.45) is 0 Å². The molecule has 3 nitrogen and oxygen atoms in total. The van der Waals surface area contributed by atoms with E-state index in [-0.39, 0.29) is 16.3 Å². The van der Waals surface area contributed by atoms with Gasteiger partial charge in [0.05, 0.1) is 16.3 Å². The maximum atomic E-state index is 13.9. The van der Waals surface area contributed by atoms with Crippen LogP contribution >= 0.6 is 11.6 Å². The first kappa shape index (κ1) is 19.0. The van der Waals surface area contributed by atoms with Crippen molar-refractivity contribution >= 4 is 28.2 Å². The summed E-state index contributed by atoms with van der Waals surface area (Å²) in [5, 5.41) is 1.41. The summed E-state index contributed by atoms with van der Waals surface area (Å²) in [6, 6.07) is 10.0. The molecule has 152 valence electrons. The minimum Gasteiger partial charge on any atom is -0.395 e. The molecule has 5 heteroatoms. The van der Waals surface area contributed by atoms with E-state index in [2.05, 4.69) is 35.9 Å². The molecule has 2 aliphatic rings. The summed E-state index contributed by atoms with van der Waals surface area (Å²) in [6.07, 6.45) is 9.01. The number of nitrogens with zero attached hydrogens (tertiary/aromatic N) is 1. The summed E-state index contributed by atoms with van der Waals surface area (Å²) in [5.74, 6) is -0.479. The lowest BCUT2D eigenvalue weighted by molar-refractivity contribution is -0.0328. The third-order valence-corrected chi connectivity index (χ3v) is 7.26. The Morgan fingerprint density at radius 1 is 1.14 bits per heavy atom. The number of nitrogens with two attached hydrogens (primary N) is 1. The van der Waals surface area contributed by atoms with E-state index in [1.165, 1.54) is 30.0 Å². The van der Waals surface area contributed by atoms with Crippen LogP contribution in [0.5, 0.6) is 0 Å². The van der Waals surface area contributed by atoms with Crippen molar-refractivity contribution < 1.29 is 9.13 Å². The molecule has 0 atom stereocenters. The fraction of sp³-hybridized carbons (Fsp3) is 0.417. The average molecular weight is 413 g/mol. The minimum atomic E-state index is -0.479. The number of halogens is 2. The van der Waals surface area contributed by atoms with Gasteiger partial charge in [0, 0.05) is 40.9 Å². The van der Waals surface area contributed by atoms with Gasteiger partial charge in [-0.3, -0.25) is 0 Å². The monoisotopic (exact) mass is 412 g/mol. The van der Waals surface area contributed by atoms with Crippen LogP contribution in [-0.4, -0.2) is 16.8 Å². The first-order valence-electron chi connectivity index (χ1n) is 10.5. The number of rotatable bonds is 2. The van der Waals surface area contributed by atoms with E-state index < -0.39 is 5.82 Å². The van der Waals surface area contributed by atoms with Gasteiger partial charge in [-0.25, -0.2) is 4.39 Å². The molecule has 0 radical (unpaired) electrons. The van der Waals surface area contributed by atoms with Crippen LogP contribution in [0.4, 0.5) is 10.1 Å². The van der Waals surface area contributed by atoms with Crippen LogP contribution in [0.15, 0.2) is 36.5 Å². The minimum absolute atomic E-state index is 0.00942. The van der Waals surface area contributed by atoms with Crippen LogP contribution in [0.2, 0.25) is 5.02 Å². The third-order valence-electron chi connectivity index (χ3n) is 6.85. The van der Waals surface area contributed by atoms with Gasteiger partial charge in [0.25, 0.3) is 0 Å². The van der Waals surface area contributed by atoms with E-state index in [9.17, 15) is 4.39 Å². The van der Waals surface area contributed by atoms with Crippen LogP contribution in [-0.2, 0) is 4.74 Å². The number of fused-ring (bicyclic) bond motifs is 1. The highest BCUT2D eigenvalue weighted by Gasteiger charge is 2.39. The molecule has 1 saturated carbocycles. The number of nitrogen functional groups attached to an aromatic ring is 1. The fourth-order valence-electron chi connectivity index (χ4n) is 5.21. The Morgan fingerprint density at radius 3 is 2.66 bits per heavy atom. The van der Waals surface area contributed by atoms with E-state index in [0.717, 1.165) is 48.8 Å². The maximum absolute atomic E-state index is 13.9. The number of benzene rings is 2. The lowest BCUT2D eigenvalue weighted by atomic mass is 9.80. The molecule has 2 aromatic carbocycles. The first-order valence-corrected chi connectivity index (χ1v) is 10.8. The quantitative estimate of drug-likeness (QED) is 0.478. The normalized spacial score (nSPS) is 24.6. The molecule has 5 rings (SSSR count). The molecule has 2 N–H and O–H groups in total. The molecule has 1 aromatic heterocycles. The van der Waals surface area contributed by atoms with Crippen LogP contribution in [0, 0.1) is 12.7 Å². The number of aryl methyl sites for hydroxylation is 1. The Balaban J connectivity index is 1.59.